The Bertz CT molecular complexity index is 442. The Morgan fingerprint density at radius 2 is 2.29 bits per heavy atom. The lowest BCUT2D eigenvalue weighted by Gasteiger charge is -1.90. The maximum absolute atomic E-state index is 5.74. The number of aromatic nitrogens is 3. The second-order valence-electron chi connectivity index (χ2n) is 2.68. The van der Waals surface area contributed by atoms with Crippen molar-refractivity contribution in [2.75, 3.05) is 12.3 Å². The standard InChI is InChI=1S/C8H9ClN4S/c9-6-2-1-5-7(12-6)13-8(11-5)14-4-3-10/h1-2H,3-4,10H2,(H,11,12,13). The Hall–Kier alpha value is -0.780. The molecule has 0 aliphatic rings. The van der Waals surface area contributed by atoms with E-state index in [4.69, 9.17) is 17.3 Å². The zero-order chi connectivity index (χ0) is 9.97. The van der Waals surface area contributed by atoms with Crippen LogP contribution in [0.1, 0.15) is 0 Å². The van der Waals surface area contributed by atoms with Gasteiger partial charge in [0.25, 0.3) is 0 Å². The van der Waals surface area contributed by atoms with Crippen LogP contribution < -0.4 is 5.73 Å². The molecule has 2 aromatic rings. The Balaban J connectivity index is 2.32. The fraction of sp³-hybridized carbons (Fsp3) is 0.250. The second-order valence-corrected chi connectivity index (χ2v) is 4.16. The van der Waals surface area contributed by atoms with E-state index < -0.39 is 0 Å². The number of hydrogen-bond donors (Lipinski definition) is 2. The minimum atomic E-state index is 0.458. The Kier molecular flexibility index (Phi) is 2.90. The number of nitrogens with one attached hydrogen (secondary N) is 1. The van der Waals surface area contributed by atoms with Crippen molar-refractivity contribution in [1.29, 1.82) is 0 Å². The number of fused-ring (bicyclic) bond motifs is 1. The molecule has 0 bridgehead atoms. The number of H-pyrrole nitrogens is 1. The van der Waals surface area contributed by atoms with Crippen molar-refractivity contribution in [3.8, 4) is 0 Å². The number of nitrogens with zero attached hydrogens (tertiary/aromatic N) is 2. The van der Waals surface area contributed by atoms with Gasteiger partial charge in [-0.25, -0.2) is 9.97 Å². The number of aromatic amines is 1. The third-order valence-electron chi connectivity index (χ3n) is 1.65. The second kappa shape index (κ2) is 4.16. The van der Waals surface area contributed by atoms with E-state index in [1.54, 1.807) is 17.8 Å². The quantitative estimate of drug-likeness (QED) is 0.620. The highest BCUT2D eigenvalue weighted by molar-refractivity contribution is 7.99. The van der Waals surface area contributed by atoms with Gasteiger partial charge in [-0.15, -0.1) is 0 Å². The van der Waals surface area contributed by atoms with Crippen molar-refractivity contribution in [3.05, 3.63) is 17.3 Å². The Morgan fingerprint density at radius 3 is 3.07 bits per heavy atom. The molecule has 0 aromatic carbocycles. The van der Waals surface area contributed by atoms with Crippen LogP contribution in [0.2, 0.25) is 5.15 Å². The zero-order valence-corrected chi connectivity index (χ0v) is 8.90. The van der Waals surface area contributed by atoms with E-state index >= 15 is 0 Å². The molecule has 0 aliphatic carbocycles. The number of pyridine rings is 1. The summed E-state index contributed by atoms with van der Waals surface area (Å²) in [7, 11) is 0. The van der Waals surface area contributed by atoms with E-state index in [1.165, 1.54) is 0 Å². The first-order valence-electron chi connectivity index (χ1n) is 4.15. The molecule has 2 heterocycles. The van der Waals surface area contributed by atoms with Gasteiger partial charge in [0, 0.05) is 12.3 Å². The molecule has 0 saturated carbocycles. The lowest BCUT2D eigenvalue weighted by Crippen LogP contribution is -2.01. The highest BCUT2D eigenvalue weighted by atomic mass is 35.5. The average molecular weight is 229 g/mol. The van der Waals surface area contributed by atoms with Gasteiger partial charge in [0.2, 0.25) is 0 Å². The Labute approximate surface area is 90.3 Å². The van der Waals surface area contributed by atoms with Gasteiger partial charge in [-0.1, -0.05) is 23.4 Å². The largest absolute Gasteiger partial charge is 0.332 e. The molecule has 0 atom stereocenters. The van der Waals surface area contributed by atoms with Gasteiger partial charge in [0.05, 0.1) is 5.52 Å². The first-order chi connectivity index (χ1) is 6.79. The molecular weight excluding hydrogens is 220 g/mol. The van der Waals surface area contributed by atoms with Crippen LogP contribution in [0, 0.1) is 0 Å². The molecule has 4 nitrogen and oxygen atoms in total. The first kappa shape index (κ1) is 9.76. The van der Waals surface area contributed by atoms with Gasteiger partial charge >= 0.3 is 0 Å². The summed E-state index contributed by atoms with van der Waals surface area (Å²) in [5, 5.41) is 1.29. The molecule has 14 heavy (non-hydrogen) atoms. The topological polar surface area (TPSA) is 67.6 Å². The summed E-state index contributed by atoms with van der Waals surface area (Å²) < 4.78 is 0. The number of halogens is 1. The number of hydrogen-bond acceptors (Lipinski definition) is 4. The third-order valence-corrected chi connectivity index (χ3v) is 2.76. The highest BCUT2D eigenvalue weighted by Gasteiger charge is 2.03. The van der Waals surface area contributed by atoms with Crippen LogP contribution >= 0.6 is 23.4 Å². The SMILES string of the molecule is NCCSc1nc2nc(Cl)ccc2[nH]1. The van der Waals surface area contributed by atoms with E-state index in [1.807, 2.05) is 6.07 Å². The minimum absolute atomic E-state index is 0.458. The van der Waals surface area contributed by atoms with Gasteiger partial charge in [-0.3, -0.25) is 0 Å². The van der Waals surface area contributed by atoms with Crippen LogP contribution in [0.5, 0.6) is 0 Å². The van der Waals surface area contributed by atoms with Crippen molar-refractivity contribution in [1.82, 2.24) is 15.0 Å². The van der Waals surface area contributed by atoms with Gasteiger partial charge in [-0.05, 0) is 12.1 Å². The van der Waals surface area contributed by atoms with Gasteiger partial charge in [0.15, 0.2) is 10.8 Å². The first-order valence-corrected chi connectivity index (χ1v) is 5.51. The monoisotopic (exact) mass is 228 g/mol. The van der Waals surface area contributed by atoms with Crippen molar-refractivity contribution >= 4 is 34.5 Å². The molecule has 0 saturated heterocycles. The molecule has 0 aliphatic heterocycles. The molecular formula is C8H9ClN4S. The minimum Gasteiger partial charge on any atom is -0.332 e. The van der Waals surface area contributed by atoms with Crippen LogP contribution in [-0.4, -0.2) is 27.2 Å². The molecule has 0 fully saturated rings. The summed E-state index contributed by atoms with van der Waals surface area (Å²) in [5.74, 6) is 0.841. The molecule has 2 aromatic heterocycles. The fourth-order valence-electron chi connectivity index (χ4n) is 1.07. The van der Waals surface area contributed by atoms with E-state index in [2.05, 4.69) is 15.0 Å². The van der Waals surface area contributed by atoms with Gasteiger partial charge in [-0.2, -0.15) is 0 Å². The fourth-order valence-corrected chi connectivity index (χ4v) is 1.86. The van der Waals surface area contributed by atoms with Crippen LogP contribution in [0.4, 0.5) is 0 Å². The van der Waals surface area contributed by atoms with Crippen LogP contribution in [0.25, 0.3) is 11.2 Å². The van der Waals surface area contributed by atoms with Crippen LogP contribution in [0.15, 0.2) is 17.3 Å². The van der Waals surface area contributed by atoms with Crippen molar-refractivity contribution in [3.63, 3.8) is 0 Å². The maximum atomic E-state index is 5.74. The smallest absolute Gasteiger partial charge is 0.180 e. The lowest BCUT2D eigenvalue weighted by atomic mass is 10.4. The Morgan fingerprint density at radius 1 is 1.43 bits per heavy atom. The molecule has 74 valence electrons. The van der Waals surface area contributed by atoms with E-state index in [0.717, 1.165) is 16.4 Å². The maximum Gasteiger partial charge on any atom is 0.180 e. The van der Waals surface area contributed by atoms with Crippen molar-refractivity contribution in [2.45, 2.75) is 5.16 Å². The van der Waals surface area contributed by atoms with Gasteiger partial charge < -0.3 is 10.7 Å². The molecule has 6 heteroatoms. The molecule has 2 rings (SSSR count). The summed E-state index contributed by atoms with van der Waals surface area (Å²) in [6.07, 6.45) is 0. The van der Waals surface area contributed by atoms with E-state index in [-0.39, 0.29) is 0 Å². The number of rotatable bonds is 3. The van der Waals surface area contributed by atoms with E-state index in [0.29, 0.717) is 17.3 Å². The summed E-state index contributed by atoms with van der Waals surface area (Å²) >= 11 is 7.32. The van der Waals surface area contributed by atoms with E-state index in [9.17, 15) is 0 Å². The molecule has 0 spiro atoms. The summed E-state index contributed by atoms with van der Waals surface area (Å²) in [5.41, 5.74) is 6.94. The number of imidazole rings is 1. The molecule has 3 N–H and O–H groups in total. The normalized spacial score (nSPS) is 11.0. The lowest BCUT2D eigenvalue weighted by molar-refractivity contribution is 1.06. The predicted molar refractivity (Wildman–Crippen MR) is 58.7 cm³/mol. The highest BCUT2D eigenvalue weighted by Crippen LogP contribution is 2.18. The zero-order valence-electron chi connectivity index (χ0n) is 7.33. The summed E-state index contributed by atoms with van der Waals surface area (Å²) in [6, 6.07) is 3.60. The van der Waals surface area contributed by atoms with Crippen molar-refractivity contribution in [2.24, 2.45) is 5.73 Å². The predicted octanol–water partition coefficient (Wildman–Crippen LogP) is 1.66. The van der Waals surface area contributed by atoms with Crippen LogP contribution in [0.3, 0.4) is 0 Å². The van der Waals surface area contributed by atoms with Crippen molar-refractivity contribution < 1.29 is 0 Å². The van der Waals surface area contributed by atoms with Gasteiger partial charge in [0.1, 0.15) is 5.15 Å². The number of nitrogens with two attached hydrogens (primary N) is 1. The summed E-state index contributed by atoms with van der Waals surface area (Å²) in [6.45, 7) is 0.635. The molecule has 0 radical (unpaired) electrons. The molecule has 0 unspecified atom stereocenters. The third kappa shape index (κ3) is 2.00. The van der Waals surface area contributed by atoms with Crippen LogP contribution in [-0.2, 0) is 0 Å². The summed E-state index contributed by atoms with van der Waals surface area (Å²) in [4.78, 5) is 11.5. The number of thioether (sulfide) groups is 1. The molecule has 0 amide bonds. The average Bonchev–Trinajstić information content (AvgIpc) is 2.56.